The molecule has 4 aromatic heterocycles. The molecule has 0 amide bonds. The molecule has 0 spiro atoms. The maximum Gasteiger partial charge on any atom is 0.345 e. The molecule has 5 aromatic rings. The zero-order valence-electron chi connectivity index (χ0n) is 20.5. The number of aromatic carboxylic acids is 1. The zero-order valence-corrected chi connectivity index (χ0v) is 21.3. The first kappa shape index (κ1) is 22.4. The number of pyridine rings is 1. The molecule has 0 saturated heterocycles. The van der Waals surface area contributed by atoms with Crippen molar-refractivity contribution in [2.45, 2.75) is 51.5 Å². The van der Waals surface area contributed by atoms with Crippen molar-refractivity contribution in [2.24, 2.45) is 0 Å². The van der Waals surface area contributed by atoms with Gasteiger partial charge in [0, 0.05) is 23.3 Å². The highest BCUT2D eigenvalue weighted by molar-refractivity contribution is 7.21. The number of benzene rings is 1. The van der Waals surface area contributed by atoms with Crippen LogP contribution in [0.5, 0.6) is 5.75 Å². The number of ether oxygens (including phenoxy) is 1. The monoisotopic (exact) mass is 510 g/mol. The molecule has 0 atom stereocenters. The molecule has 1 fully saturated rings. The zero-order chi connectivity index (χ0) is 25.1. The van der Waals surface area contributed by atoms with Crippen molar-refractivity contribution in [3.05, 3.63) is 58.9 Å². The lowest BCUT2D eigenvalue weighted by Gasteiger charge is -2.23. The third kappa shape index (κ3) is 3.54. The SMILES string of the molecule is Cc1nccnc1-c1ccc2c3c(ccc2n1)-c1c(C2CCCCC2)c2sc(C(=O)O)cc2n1CCO3. The molecule has 7 rings (SSSR count). The molecule has 5 heterocycles. The van der Waals surface area contributed by atoms with Gasteiger partial charge in [0.1, 0.15) is 22.9 Å². The van der Waals surface area contributed by atoms with Crippen LogP contribution < -0.4 is 4.74 Å². The maximum atomic E-state index is 11.8. The second kappa shape index (κ2) is 8.66. The molecule has 1 aliphatic carbocycles. The summed E-state index contributed by atoms with van der Waals surface area (Å²) in [7, 11) is 0. The lowest BCUT2D eigenvalue weighted by molar-refractivity contribution is 0.0702. The van der Waals surface area contributed by atoms with Gasteiger partial charge in [-0.3, -0.25) is 9.97 Å². The van der Waals surface area contributed by atoms with Gasteiger partial charge in [0.2, 0.25) is 0 Å². The normalized spacial score (nSPS) is 15.8. The van der Waals surface area contributed by atoms with Gasteiger partial charge in [-0.1, -0.05) is 19.3 Å². The quantitative estimate of drug-likeness (QED) is 0.286. The molecular weight excluding hydrogens is 484 g/mol. The molecule has 37 heavy (non-hydrogen) atoms. The van der Waals surface area contributed by atoms with Crippen LogP contribution in [0.2, 0.25) is 0 Å². The van der Waals surface area contributed by atoms with Crippen LogP contribution in [-0.2, 0) is 6.54 Å². The highest BCUT2D eigenvalue weighted by Crippen LogP contribution is 2.50. The molecule has 1 aromatic carbocycles. The van der Waals surface area contributed by atoms with Crippen LogP contribution in [0, 0.1) is 6.92 Å². The van der Waals surface area contributed by atoms with E-state index in [1.165, 1.54) is 41.9 Å². The summed E-state index contributed by atoms with van der Waals surface area (Å²) in [4.78, 5) is 26.0. The van der Waals surface area contributed by atoms with Crippen LogP contribution >= 0.6 is 11.3 Å². The smallest absolute Gasteiger partial charge is 0.345 e. The van der Waals surface area contributed by atoms with Crippen LogP contribution in [0.3, 0.4) is 0 Å². The fourth-order valence-corrected chi connectivity index (χ4v) is 7.22. The first-order valence-corrected chi connectivity index (χ1v) is 13.7. The van der Waals surface area contributed by atoms with Gasteiger partial charge >= 0.3 is 5.97 Å². The van der Waals surface area contributed by atoms with Crippen LogP contribution in [-0.4, -0.2) is 37.2 Å². The fraction of sp³-hybridized carbons (Fsp3) is 0.310. The van der Waals surface area contributed by atoms with Crippen molar-refractivity contribution in [3.63, 3.8) is 0 Å². The van der Waals surface area contributed by atoms with Crippen LogP contribution in [0.25, 0.3) is 43.8 Å². The predicted octanol–water partition coefficient (Wildman–Crippen LogP) is 6.82. The summed E-state index contributed by atoms with van der Waals surface area (Å²) >= 11 is 1.42. The van der Waals surface area contributed by atoms with Crippen LogP contribution in [0.4, 0.5) is 0 Å². The van der Waals surface area contributed by atoms with E-state index in [1.807, 2.05) is 19.1 Å². The molecule has 1 N–H and O–H groups in total. The van der Waals surface area contributed by atoms with Crippen molar-refractivity contribution in [1.82, 2.24) is 19.5 Å². The summed E-state index contributed by atoms with van der Waals surface area (Å²) in [6, 6.07) is 10.1. The van der Waals surface area contributed by atoms with Crippen LogP contribution in [0.15, 0.2) is 42.7 Å². The Morgan fingerprint density at radius 1 is 1.11 bits per heavy atom. The van der Waals surface area contributed by atoms with E-state index >= 15 is 0 Å². The van der Waals surface area contributed by atoms with E-state index in [2.05, 4.69) is 32.7 Å². The van der Waals surface area contributed by atoms with Crippen molar-refractivity contribution in [1.29, 1.82) is 0 Å². The Morgan fingerprint density at radius 2 is 1.95 bits per heavy atom. The number of rotatable bonds is 3. The first-order chi connectivity index (χ1) is 18.1. The van der Waals surface area contributed by atoms with E-state index in [0.29, 0.717) is 23.9 Å². The number of aryl methyl sites for hydroxylation is 1. The average Bonchev–Trinajstić information content (AvgIpc) is 3.41. The Kier molecular flexibility index (Phi) is 5.25. The van der Waals surface area contributed by atoms with Crippen molar-refractivity contribution in [3.8, 4) is 28.4 Å². The number of hydrogen-bond acceptors (Lipinski definition) is 6. The van der Waals surface area contributed by atoms with E-state index in [1.54, 1.807) is 12.4 Å². The third-order valence-electron chi connectivity index (χ3n) is 7.76. The molecule has 186 valence electrons. The summed E-state index contributed by atoms with van der Waals surface area (Å²) in [5, 5.41) is 10.7. The minimum Gasteiger partial charge on any atom is -0.490 e. The van der Waals surface area contributed by atoms with Crippen molar-refractivity contribution in [2.75, 3.05) is 6.61 Å². The molecule has 1 saturated carbocycles. The summed E-state index contributed by atoms with van der Waals surface area (Å²) < 4.78 is 9.84. The van der Waals surface area contributed by atoms with E-state index in [9.17, 15) is 9.90 Å². The number of nitrogens with zero attached hydrogens (tertiary/aromatic N) is 4. The summed E-state index contributed by atoms with van der Waals surface area (Å²) in [6.45, 7) is 3.13. The number of fused-ring (bicyclic) bond motifs is 7. The number of hydrogen-bond donors (Lipinski definition) is 1. The van der Waals surface area contributed by atoms with Crippen LogP contribution in [0.1, 0.15) is 59.0 Å². The Morgan fingerprint density at radius 3 is 2.76 bits per heavy atom. The van der Waals surface area contributed by atoms with Crippen molar-refractivity contribution < 1.29 is 14.6 Å². The summed E-state index contributed by atoms with van der Waals surface area (Å²) in [6.07, 6.45) is 9.35. The van der Waals surface area contributed by atoms with Gasteiger partial charge in [-0.15, -0.1) is 11.3 Å². The van der Waals surface area contributed by atoms with Crippen molar-refractivity contribution >= 4 is 38.4 Å². The first-order valence-electron chi connectivity index (χ1n) is 12.8. The summed E-state index contributed by atoms with van der Waals surface area (Å²) in [5.74, 6) is 0.419. The second-order valence-corrected chi connectivity index (χ2v) is 11.0. The predicted molar refractivity (Wildman–Crippen MR) is 145 cm³/mol. The number of thiophene rings is 1. The molecule has 7 nitrogen and oxygen atoms in total. The average molecular weight is 511 g/mol. The minimum absolute atomic E-state index is 0.400. The Balaban J connectivity index is 1.45. The molecular formula is C29H26N4O3S. The number of carbonyl (C=O) groups is 1. The summed E-state index contributed by atoms with van der Waals surface area (Å²) in [5.41, 5.74) is 7.85. The maximum absolute atomic E-state index is 11.8. The van der Waals surface area contributed by atoms with Gasteiger partial charge in [0.25, 0.3) is 0 Å². The topological polar surface area (TPSA) is 90.1 Å². The lowest BCUT2D eigenvalue weighted by Crippen LogP contribution is -2.08. The second-order valence-electron chi connectivity index (χ2n) is 9.92. The number of aromatic nitrogens is 4. The third-order valence-corrected chi connectivity index (χ3v) is 8.90. The van der Waals surface area contributed by atoms with Gasteiger partial charge in [-0.2, -0.15) is 0 Å². The highest BCUT2D eigenvalue weighted by Gasteiger charge is 2.31. The Labute approximate surface area is 217 Å². The number of carboxylic acids is 1. The molecule has 8 heteroatoms. The fourth-order valence-electron chi connectivity index (χ4n) is 6.10. The largest absolute Gasteiger partial charge is 0.490 e. The molecule has 0 radical (unpaired) electrons. The minimum atomic E-state index is -0.860. The molecule has 0 unspecified atom stereocenters. The van der Waals surface area contributed by atoms with E-state index in [4.69, 9.17) is 9.72 Å². The van der Waals surface area contributed by atoms with Gasteiger partial charge in [-0.25, -0.2) is 9.78 Å². The molecule has 0 bridgehead atoms. The molecule has 2 aliphatic rings. The van der Waals surface area contributed by atoms with Gasteiger partial charge < -0.3 is 14.4 Å². The van der Waals surface area contributed by atoms with Gasteiger partial charge in [0.05, 0.1) is 39.4 Å². The number of carboxylic acid groups (broad SMARTS) is 1. The van der Waals surface area contributed by atoms with E-state index < -0.39 is 5.97 Å². The lowest BCUT2D eigenvalue weighted by atomic mass is 9.83. The van der Waals surface area contributed by atoms with Gasteiger partial charge in [0.15, 0.2) is 0 Å². The molecule has 1 aliphatic heterocycles. The Bertz CT molecular complexity index is 1700. The van der Waals surface area contributed by atoms with E-state index in [-0.39, 0.29) is 0 Å². The highest BCUT2D eigenvalue weighted by atomic mass is 32.1. The standard InChI is InChI=1S/C29H26N4O3S/c1-16-25(31-12-11-30-16)21-10-7-18-20(32-21)9-8-19-26-24(17-5-3-2-4-6-17)28-22(15-23(37-28)29(34)35)33(26)13-14-36-27(18)19/h7-12,15,17H,2-6,13-14H2,1H3,(H,34,35). The van der Waals surface area contributed by atoms with E-state index in [0.717, 1.165) is 62.4 Å². The van der Waals surface area contributed by atoms with Gasteiger partial charge in [-0.05, 0) is 61.6 Å². The Hall–Kier alpha value is -3.78.